The summed E-state index contributed by atoms with van der Waals surface area (Å²) in [5.74, 6) is 6.57. The minimum Gasteiger partial charge on any atom is -0.756 e. The van der Waals surface area contributed by atoms with E-state index in [0.29, 0.717) is 48.6 Å². The molecule has 1 aromatic heterocycles. The first-order valence-corrected chi connectivity index (χ1v) is 22.3. The third-order valence-corrected chi connectivity index (χ3v) is 12.7. The van der Waals surface area contributed by atoms with Gasteiger partial charge in [-0.3, -0.25) is 23.1 Å². The standard InChI is InChI=1S/C37H40N5O15P3/c1-21-8-11-28-31(15-21)55-32-17-25(38)10-13-29(32)33(28)27-12-9-23(16-22(27)2)35(44)40-14-6-4-3-5-7-24-19-42(37(45)41-34(24)39)36-30(43)18-26(54-36)20-53-59(49,50)57-60(51,52)56-58(46,47)48/h8-13,15-17,19,26,30,36,43H,1,3-4,6,14,18,20,38H2,2H3,(H,40,44)(H,49,50)(H,51,52)(H2,39,41,45)(H2,46,47,48)/p-3/t26-,30?,36+/m0/s1. The number of benzene rings is 3. The molecule has 1 saturated heterocycles. The molecule has 0 saturated carbocycles. The Morgan fingerprint density at radius 1 is 1.03 bits per heavy atom. The number of phosphoric acid groups is 3. The molecule has 7 N–H and O–H groups in total. The summed E-state index contributed by atoms with van der Waals surface area (Å²) in [6.07, 6.45) is -1.65. The van der Waals surface area contributed by atoms with E-state index in [1.54, 1.807) is 12.1 Å². The predicted octanol–water partition coefficient (Wildman–Crippen LogP) is 0.527. The van der Waals surface area contributed by atoms with E-state index in [1.807, 2.05) is 49.4 Å². The van der Waals surface area contributed by atoms with Gasteiger partial charge in [-0.25, -0.2) is 13.4 Å². The lowest BCUT2D eigenvalue weighted by atomic mass is 9.89. The minimum atomic E-state index is -6.11. The molecule has 20 nitrogen and oxygen atoms in total. The van der Waals surface area contributed by atoms with Crippen molar-refractivity contribution in [2.75, 3.05) is 24.6 Å². The molecule has 3 heterocycles. The maximum absolute atomic E-state index is 13.1. The maximum Gasteiger partial charge on any atom is 0.351 e. The van der Waals surface area contributed by atoms with Crippen LogP contribution in [0.1, 0.15) is 64.5 Å². The number of fused-ring (bicyclic) bond motifs is 2. The van der Waals surface area contributed by atoms with Gasteiger partial charge < -0.3 is 55.5 Å². The summed E-state index contributed by atoms with van der Waals surface area (Å²) in [4.78, 5) is 71.8. The van der Waals surface area contributed by atoms with Crippen LogP contribution in [-0.2, 0) is 31.6 Å². The zero-order valence-corrected chi connectivity index (χ0v) is 34.2. The molecular weight excluding hydrogens is 847 g/mol. The fourth-order valence-corrected chi connectivity index (χ4v) is 9.35. The van der Waals surface area contributed by atoms with Crippen LogP contribution in [0.4, 0.5) is 11.5 Å². The van der Waals surface area contributed by atoms with Crippen molar-refractivity contribution in [1.29, 1.82) is 0 Å². The van der Waals surface area contributed by atoms with E-state index in [2.05, 4.69) is 41.9 Å². The quantitative estimate of drug-likeness (QED) is 0.0439. The molecule has 1 amide bonds. The number of phosphoric ester groups is 1. The van der Waals surface area contributed by atoms with Crippen LogP contribution in [0.2, 0.25) is 0 Å². The summed E-state index contributed by atoms with van der Waals surface area (Å²) in [6, 6.07) is 16.8. The Morgan fingerprint density at radius 3 is 2.52 bits per heavy atom. The maximum atomic E-state index is 13.1. The molecule has 0 aliphatic carbocycles. The number of carbonyl (C=O) groups is 1. The summed E-state index contributed by atoms with van der Waals surface area (Å²) in [5, 5.41) is 15.2. The molecule has 3 aromatic carbocycles. The lowest BCUT2D eigenvalue weighted by molar-refractivity contribution is -0.250. The number of carbonyl (C=O) groups excluding carboxylic acids is 1. The summed E-state index contributed by atoms with van der Waals surface area (Å²) < 4.78 is 57.7. The lowest BCUT2D eigenvalue weighted by Crippen LogP contribution is -2.32. The van der Waals surface area contributed by atoms with E-state index in [-0.39, 0.29) is 23.7 Å². The summed E-state index contributed by atoms with van der Waals surface area (Å²) in [5.41, 5.74) is 15.8. The van der Waals surface area contributed by atoms with Crippen molar-refractivity contribution in [2.24, 2.45) is 0 Å². The van der Waals surface area contributed by atoms with Gasteiger partial charge in [0.1, 0.15) is 23.4 Å². The van der Waals surface area contributed by atoms with Crippen LogP contribution in [0.25, 0.3) is 12.2 Å². The number of rotatable bonds is 14. The number of nitrogens with one attached hydrogen (secondary N) is 1. The highest BCUT2D eigenvalue weighted by Crippen LogP contribution is 2.61. The molecule has 4 unspecified atom stereocenters. The lowest BCUT2D eigenvalue weighted by Gasteiger charge is -2.32. The van der Waals surface area contributed by atoms with Crippen LogP contribution < -0.4 is 52.3 Å². The molecule has 6 rings (SSSR count). The van der Waals surface area contributed by atoms with Gasteiger partial charge in [0, 0.05) is 59.3 Å². The first-order chi connectivity index (χ1) is 28.2. The van der Waals surface area contributed by atoms with E-state index in [4.69, 9.17) is 25.8 Å². The average Bonchev–Trinajstić information content (AvgIpc) is 3.51. The van der Waals surface area contributed by atoms with Crippen molar-refractivity contribution in [1.82, 2.24) is 14.9 Å². The van der Waals surface area contributed by atoms with Crippen molar-refractivity contribution in [3.63, 3.8) is 0 Å². The predicted molar refractivity (Wildman–Crippen MR) is 209 cm³/mol. The fraction of sp³-hybridized carbons (Fsp3) is 0.270. The number of nitrogen functional groups attached to an aromatic ring is 2. The third-order valence-electron chi connectivity index (χ3n) is 9.05. The van der Waals surface area contributed by atoms with Crippen LogP contribution in [0.5, 0.6) is 11.5 Å². The molecule has 1 fully saturated rings. The Morgan fingerprint density at radius 2 is 1.78 bits per heavy atom. The zero-order chi connectivity index (χ0) is 43.6. The molecule has 0 spiro atoms. The molecule has 2 aliphatic heterocycles. The molecule has 4 aromatic rings. The Labute approximate surface area is 341 Å². The second-order valence-corrected chi connectivity index (χ2v) is 17.9. The molecular formula is C37H37N5O15P3-3. The van der Waals surface area contributed by atoms with Gasteiger partial charge in [0.15, 0.2) is 6.23 Å². The Kier molecular flexibility index (Phi) is 13.3. The zero-order valence-electron chi connectivity index (χ0n) is 31.5. The number of aliphatic hydroxyl groups excluding tert-OH is 1. The van der Waals surface area contributed by atoms with Gasteiger partial charge in [-0.15, -0.1) is 0 Å². The van der Waals surface area contributed by atoms with Crippen molar-refractivity contribution in [3.8, 4) is 23.3 Å². The Balaban J connectivity index is 1.01. The average molecular weight is 885 g/mol. The molecule has 6 atom stereocenters. The van der Waals surface area contributed by atoms with Gasteiger partial charge >= 0.3 is 5.69 Å². The number of anilines is 2. The molecule has 23 heteroatoms. The number of aromatic nitrogens is 2. The van der Waals surface area contributed by atoms with Gasteiger partial charge in [0.2, 0.25) is 0 Å². The number of hydrogen-bond donors (Lipinski definition) is 5. The summed E-state index contributed by atoms with van der Waals surface area (Å²) in [6.45, 7) is 5.38. The summed E-state index contributed by atoms with van der Waals surface area (Å²) >= 11 is 0. The molecule has 318 valence electrons. The largest absolute Gasteiger partial charge is 0.756 e. The van der Waals surface area contributed by atoms with E-state index >= 15 is 0 Å². The van der Waals surface area contributed by atoms with Crippen LogP contribution in [0.15, 0.2) is 65.6 Å². The van der Waals surface area contributed by atoms with Crippen LogP contribution in [0.3, 0.4) is 0 Å². The number of unbranched alkanes of at least 4 members (excludes halogenated alkanes) is 2. The highest BCUT2D eigenvalue weighted by Gasteiger charge is 2.37. The number of hydrogen-bond acceptors (Lipinski definition) is 17. The van der Waals surface area contributed by atoms with E-state index in [1.165, 1.54) is 6.20 Å². The van der Waals surface area contributed by atoms with E-state index < -0.39 is 54.2 Å². The molecule has 0 bridgehead atoms. The van der Waals surface area contributed by atoms with Gasteiger partial charge in [0.05, 0.1) is 18.3 Å². The minimum absolute atomic E-state index is 0.113. The van der Waals surface area contributed by atoms with Gasteiger partial charge in [-0.1, -0.05) is 36.6 Å². The van der Waals surface area contributed by atoms with Gasteiger partial charge in [0.25, 0.3) is 29.4 Å². The van der Waals surface area contributed by atoms with Crippen molar-refractivity contribution in [3.05, 3.63) is 110 Å². The number of nitrogens with zero attached hydrogens (tertiary/aromatic N) is 2. The van der Waals surface area contributed by atoms with Crippen molar-refractivity contribution in [2.45, 2.75) is 51.0 Å². The Hall–Kier alpha value is -4.96. The highest BCUT2D eigenvalue weighted by molar-refractivity contribution is 7.65. The van der Waals surface area contributed by atoms with Crippen LogP contribution in [-0.4, -0.2) is 50.8 Å². The number of amides is 1. The van der Waals surface area contributed by atoms with Gasteiger partial charge in [-0.2, -0.15) is 4.98 Å². The molecule has 0 radical (unpaired) electrons. The number of aliphatic hydroxyl groups is 1. The normalized spacial score (nSPS) is 20.0. The van der Waals surface area contributed by atoms with Crippen LogP contribution in [0, 0.1) is 18.8 Å². The number of ether oxygens (including phenoxy) is 2. The van der Waals surface area contributed by atoms with Gasteiger partial charge in [-0.05, 0) is 66.4 Å². The Bertz CT molecular complexity index is 2730. The van der Waals surface area contributed by atoms with E-state index in [0.717, 1.165) is 37.3 Å². The monoisotopic (exact) mass is 884 g/mol. The molecule has 60 heavy (non-hydrogen) atoms. The second kappa shape index (κ2) is 17.9. The number of nitrogens with two attached hydrogens (primary N) is 2. The SMILES string of the molecule is C=c1ccc2c(c1)Oc1cc(N)ccc1C=2c1ccc(C(=O)NCCCCC#Cc2cn([C@@H]3O[C@H](COP(=O)([O-])OP(=O)([O-])OP(=O)([O-])O)CC3O)c(=O)nc2N)cc1C. The smallest absolute Gasteiger partial charge is 0.351 e. The van der Waals surface area contributed by atoms with E-state index in [9.17, 15) is 43.1 Å². The first kappa shape index (κ1) is 44.6. The first-order valence-electron chi connectivity index (χ1n) is 17.9. The number of aryl methyl sites for hydroxylation is 1. The molecule has 2 aliphatic rings. The van der Waals surface area contributed by atoms with Crippen molar-refractivity contribution >= 4 is 53.0 Å². The second-order valence-electron chi connectivity index (χ2n) is 13.6. The third kappa shape index (κ3) is 11.0. The highest BCUT2D eigenvalue weighted by atomic mass is 31.3. The topological polar surface area (TPSA) is 323 Å². The van der Waals surface area contributed by atoms with Crippen molar-refractivity contribution < 1.29 is 65.8 Å². The van der Waals surface area contributed by atoms with Crippen LogP contribution >= 0.6 is 23.5 Å². The summed E-state index contributed by atoms with van der Waals surface area (Å²) in [7, 11) is -17.8. The fourth-order valence-electron chi connectivity index (χ4n) is 6.44.